The molecule has 0 unspecified atom stereocenters. The van der Waals surface area contributed by atoms with Gasteiger partial charge in [-0.25, -0.2) is 8.42 Å². The fourth-order valence-corrected chi connectivity index (χ4v) is 3.29. The SMILES string of the molecule is CCCCN(CC)S(=O)(=O)c1ccc(Br)cc1. The molecule has 0 aromatic heterocycles. The zero-order chi connectivity index (χ0) is 12.9. The zero-order valence-electron chi connectivity index (χ0n) is 10.2. The second-order valence-electron chi connectivity index (χ2n) is 3.80. The van der Waals surface area contributed by atoms with Crippen molar-refractivity contribution in [3.63, 3.8) is 0 Å². The molecule has 0 aliphatic carbocycles. The van der Waals surface area contributed by atoms with Crippen molar-refractivity contribution in [1.82, 2.24) is 4.31 Å². The first-order valence-corrected chi connectivity index (χ1v) is 8.01. The summed E-state index contributed by atoms with van der Waals surface area (Å²) in [4.78, 5) is 0.360. The lowest BCUT2D eigenvalue weighted by Crippen LogP contribution is -2.31. The minimum absolute atomic E-state index is 0.360. The molecule has 3 nitrogen and oxygen atoms in total. The van der Waals surface area contributed by atoms with Crippen LogP contribution in [0, 0.1) is 0 Å². The Hall–Kier alpha value is -0.390. The Morgan fingerprint density at radius 2 is 1.76 bits per heavy atom. The van der Waals surface area contributed by atoms with Crippen molar-refractivity contribution in [2.24, 2.45) is 0 Å². The molecule has 17 heavy (non-hydrogen) atoms. The first-order chi connectivity index (χ1) is 8.02. The Bertz CT molecular complexity index is 442. The van der Waals surface area contributed by atoms with Gasteiger partial charge in [-0.3, -0.25) is 0 Å². The molecule has 0 N–H and O–H groups in total. The third-order valence-corrected chi connectivity index (χ3v) is 5.08. The summed E-state index contributed by atoms with van der Waals surface area (Å²) in [6, 6.07) is 6.77. The predicted molar refractivity (Wildman–Crippen MR) is 73.5 cm³/mol. The summed E-state index contributed by atoms with van der Waals surface area (Å²) in [5.74, 6) is 0. The standard InChI is InChI=1S/C12H18BrNO2S/c1-3-5-10-14(4-2)17(15,16)12-8-6-11(13)7-9-12/h6-9H,3-5,10H2,1-2H3. The van der Waals surface area contributed by atoms with Crippen molar-refractivity contribution >= 4 is 26.0 Å². The monoisotopic (exact) mass is 319 g/mol. The lowest BCUT2D eigenvalue weighted by atomic mass is 10.3. The van der Waals surface area contributed by atoms with E-state index in [0.29, 0.717) is 18.0 Å². The Morgan fingerprint density at radius 1 is 1.18 bits per heavy atom. The second-order valence-corrected chi connectivity index (χ2v) is 6.66. The molecule has 0 saturated heterocycles. The lowest BCUT2D eigenvalue weighted by Gasteiger charge is -2.20. The van der Waals surface area contributed by atoms with Crippen LogP contribution < -0.4 is 0 Å². The van der Waals surface area contributed by atoms with Gasteiger partial charge in [-0.1, -0.05) is 36.2 Å². The average Bonchev–Trinajstić information content (AvgIpc) is 2.30. The normalized spacial score (nSPS) is 12.0. The molecule has 0 atom stereocenters. The topological polar surface area (TPSA) is 37.4 Å². The van der Waals surface area contributed by atoms with E-state index in [1.807, 2.05) is 6.92 Å². The summed E-state index contributed by atoms with van der Waals surface area (Å²) >= 11 is 3.30. The maximum Gasteiger partial charge on any atom is 0.243 e. The van der Waals surface area contributed by atoms with Gasteiger partial charge in [0.15, 0.2) is 0 Å². The number of rotatable bonds is 6. The molecule has 0 spiro atoms. The first kappa shape index (κ1) is 14.7. The van der Waals surface area contributed by atoms with Gasteiger partial charge in [-0.2, -0.15) is 4.31 Å². The fourth-order valence-electron chi connectivity index (χ4n) is 1.54. The van der Waals surface area contributed by atoms with Gasteiger partial charge in [-0.15, -0.1) is 0 Å². The first-order valence-electron chi connectivity index (χ1n) is 5.78. The van der Waals surface area contributed by atoms with Gasteiger partial charge in [0.05, 0.1) is 4.90 Å². The number of hydrogen-bond acceptors (Lipinski definition) is 2. The number of nitrogens with zero attached hydrogens (tertiary/aromatic N) is 1. The number of hydrogen-bond donors (Lipinski definition) is 0. The second kappa shape index (κ2) is 6.52. The molecular weight excluding hydrogens is 302 g/mol. The van der Waals surface area contributed by atoms with E-state index in [2.05, 4.69) is 22.9 Å². The van der Waals surface area contributed by atoms with Crippen LogP contribution >= 0.6 is 15.9 Å². The van der Waals surface area contributed by atoms with Crippen LogP contribution in [-0.2, 0) is 10.0 Å². The minimum atomic E-state index is -3.33. The van der Waals surface area contributed by atoms with Crippen LogP contribution in [0.4, 0.5) is 0 Å². The van der Waals surface area contributed by atoms with Crippen LogP contribution in [-0.4, -0.2) is 25.8 Å². The molecule has 0 heterocycles. The highest BCUT2D eigenvalue weighted by Gasteiger charge is 2.21. The molecule has 5 heteroatoms. The Kier molecular flexibility index (Phi) is 5.62. The number of sulfonamides is 1. The molecule has 0 amide bonds. The van der Waals surface area contributed by atoms with E-state index in [4.69, 9.17) is 0 Å². The molecule has 0 radical (unpaired) electrons. The summed E-state index contributed by atoms with van der Waals surface area (Å²) in [5, 5.41) is 0. The van der Waals surface area contributed by atoms with E-state index >= 15 is 0 Å². The fraction of sp³-hybridized carbons (Fsp3) is 0.500. The molecular formula is C12H18BrNO2S. The van der Waals surface area contributed by atoms with E-state index in [0.717, 1.165) is 17.3 Å². The summed E-state index contributed by atoms with van der Waals surface area (Å²) in [5.41, 5.74) is 0. The summed E-state index contributed by atoms with van der Waals surface area (Å²) in [6.07, 6.45) is 1.88. The molecule has 0 aliphatic rings. The van der Waals surface area contributed by atoms with Crippen LogP contribution in [0.5, 0.6) is 0 Å². The van der Waals surface area contributed by atoms with Gasteiger partial charge in [-0.05, 0) is 30.7 Å². The van der Waals surface area contributed by atoms with Gasteiger partial charge in [0.2, 0.25) is 10.0 Å². The zero-order valence-corrected chi connectivity index (χ0v) is 12.6. The highest BCUT2D eigenvalue weighted by atomic mass is 79.9. The van der Waals surface area contributed by atoms with Crippen molar-refractivity contribution < 1.29 is 8.42 Å². The molecule has 0 aliphatic heterocycles. The maximum absolute atomic E-state index is 12.3. The van der Waals surface area contributed by atoms with Crippen molar-refractivity contribution in [3.8, 4) is 0 Å². The molecule has 1 aromatic rings. The van der Waals surface area contributed by atoms with E-state index in [-0.39, 0.29) is 0 Å². The van der Waals surface area contributed by atoms with Crippen molar-refractivity contribution in [1.29, 1.82) is 0 Å². The number of benzene rings is 1. The van der Waals surface area contributed by atoms with Gasteiger partial charge < -0.3 is 0 Å². The molecule has 0 bridgehead atoms. The third-order valence-electron chi connectivity index (χ3n) is 2.57. The largest absolute Gasteiger partial charge is 0.243 e. The van der Waals surface area contributed by atoms with Crippen LogP contribution in [0.25, 0.3) is 0 Å². The molecule has 1 rings (SSSR count). The molecule has 0 fully saturated rings. The van der Waals surface area contributed by atoms with E-state index < -0.39 is 10.0 Å². The van der Waals surface area contributed by atoms with Crippen LogP contribution in [0.3, 0.4) is 0 Å². The van der Waals surface area contributed by atoms with E-state index in [1.54, 1.807) is 24.3 Å². The van der Waals surface area contributed by atoms with Crippen molar-refractivity contribution in [3.05, 3.63) is 28.7 Å². The van der Waals surface area contributed by atoms with Crippen LogP contribution in [0.15, 0.2) is 33.6 Å². The van der Waals surface area contributed by atoms with Gasteiger partial charge in [0.25, 0.3) is 0 Å². The van der Waals surface area contributed by atoms with Crippen LogP contribution in [0.1, 0.15) is 26.7 Å². The van der Waals surface area contributed by atoms with Crippen LogP contribution in [0.2, 0.25) is 0 Å². The Balaban J connectivity index is 2.95. The predicted octanol–water partition coefficient (Wildman–Crippen LogP) is 3.26. The van der Waals surface area contributed by atoms with Crippen molar-refractivity contribution in [2.45, 2.75) is 31.6 Å². The number of halogens is 1. The quantitative estimate of drug-likeness (QED) is 0.807. The van der Waals surface area contributed by atoms with E-state index in [9.17, 15) is 8.42 Å². The third kappa shape index (κ3) is 3.79. The summed E-state index contributed by atoms with van der Waals surface area (Å²) in [7, 11) is -3.33. The van der Waals surface area contributed by atoms with Gasteiger partial charge in [0.1, 0.15) is 0 Å². The van der Waals surface area contributed by atoms with Gasteiger partial charge in [0, 0.05) is 17.6 Å². The molecule has 1 aromatic carbocycles. The lowest BCUT2D eigenvalue weighted by molar-refractivity contribution is 0.419. The Morgan fingerprint density at radius 3 is 2.24 bits per heavy atom. The number of unbranched alkanes of at least 4 members (excludes halogenated alkanes) is 1. The van der Waals surface area contributed by atoms with Gasteiger partial charge >= 0.3 is 0 Å². The average molecular weight is 320 g/mol. The smallest absolute Gasteiger partial charge is 0.207 e. The van der Waals surface area contributed by atoms with E-state index in [1.165, 1.54) is 4.31 Å². The van der Waals surface area contributed by atoms with Crippen molar-refractivity contribution in [2.75, 3.05) is 13.1 Å². The minimum Gasteiger partial charge on any atom is -0.207 e. The Labute approximate surface area is 112 Å². The molecule has 0 saturated carbocycles. The molecule has 96 valence electrons. The highest BCUT2D eigenvalue weighted by molar-refractivity contribution is 9.10. The maximum atomic E-state index is 12.3. The summed E-state index contributed by atoms with van der Waals surface area (Å²) in [6.45, 7) is 5.02. The highest BCUT2D eigenvalue weighted by Crippen LogP contribution is 2.19. The summed E-state index contributed by atoms with van der Waals surface area (Å²) < 4.78 is 27.0.